The van der Waals surface area contributed by atoms with Crippen LogP contribution in [0, 0.1) is 18.8 Å². The van der Waals surface area contributed by atoms with Crippen LogP contribution in [0.25, 0.3) is 0 Å². The van der Waals surface area contributed by atoms with Crippen molar-refractivity contribution in [3.8, 4) is 5.75 Å². The summed E-state index contributed by atoms with van der Waals surface area (Å²) < 4.78 is 17.0. The summed E-state index contributed by atoms with van der Waals surface area (Å²) in [6, 6.07) is 6.88. The number of methoxy groups -OCH3 is 1. The zero-order chi connectivity index (χ0) is 25.1. The molecular weight excluding hydrogens is 448 g/mol. The standard InChI is InChI=1S/C26H36N4O5/c1-16-12-30(13-19-6-7-19)17(2)15-34-23-9-8-20(27-25(31)22-10-18(3)35-28-22)11-21(23)26(32)29(4)14-24(16)33-5/h8-11,16-17,19,24H,6-7,12-15H2,1-5H3,(H,27,31)/t16-,17-,24+/m0/s1. The molecule has 190 valence electrons. The van der Waals surface area contributed by atoms with Gasteiger partial charge in [0.25, 0.3) is 11.8 Å². The largest absolute Gasteiger partial charge is 0.491 e. The fourth-order valence-corrected chi connectivity index (χ4v) is 4.48. The SMILES string of the molecule is CO[C@@H]1CN(C)C(=O)c2cc(NC(=O)c3cc(C)on3)ccc2OC[C@H](C)N(CC2CC2)C[C@@H]1C. The van der Waals surface area contributed by atoms with Gasteiger partial charge in [-0.1, -0.05) is 12.1 Å². The smallest absolute Gasteiger partial charge is 0.277 e. The van der Waals surface area contributed by atoms with E-state index in [1.807, 2.05) is 0 Å². The molecule has 9 nitrogen and oxygen atoms in total. The van der Waals surface area contributed by atoms with Crippen molar-refractivity contribution >= 4 is 17.5 Å². The second-order valence-corrected chi connectivity index (χ2v) is 9.98. The van der Waals surface area contributed by atoms with Gasteiger partial charge in [0, 0.05) is 51.6 Å². The lowest BCUT2D eigenvalue weighted by atomic mass is 10.0. The third-order valence-electron chi connectivity index (χ3n) is 6.88. The number of nitrogens with zero attached hydrogens (tertiary/aromatic N) is 3. The van der Waals surface area contributed by atoms with E-state index >= 15 is 0 Å². The Bertz CT molecular complexity index is 1050. The van der Waals surface area contributed by atoms with Crippen molar-refractivity contribution in [3.05, 3.63) is 41.3 Å². The minimum absolute atomic E-state index is 0.0973. The summed E-state index contributed by atoms with van der Waals surface area (Å²) in [5.41, 5.74) is 1.05. The lowest BCUT2D eigenvalue weighted by Crippen LogP contribution is -2.47. The molecule has 2 amide bonds. The van der Waals surface area contributed by atoms with Gasteiger partial charge in [-0.05, 0) is 56.7 Å². The second kappa shape index (κ2) is 10.8. The molecule has 1 aliphatic carbocycles. The van der Waals surface area contributed by atoms with Gasteiger partial charge in [0.1, 0.15) is 18.1 Å². The van der Waals surface area contributed by atoms with Gasteiger partial charge >= 0.3 is 0 Å². The number of likely N-dealkylation sites (N-methyl/N-ethyl adjacent to an activating group) is 1. The van der Waals surface area contributed by atoms with Crippen molar-refractivity contribution in [2.75, 3.05) is 45.7 Å². The van der Waals surface area contributed by atoms with Gasteiger partial charge in [-0.25, -0.2) is 0 Å². The Labute approximate surface area is 206 Å². The quantitative estimate of drug-likeness (QED) is 0.694. The van der Waals surface area contributed by atoms with Crippen LogP contribution in [0.5, 0.6) is 5.75 Å². The van der Waals surface area contributed by atoms with Gasteiger partial charge in [0.15, 0.2) is 5.69 Å². The first-order valence-corrected chi connectivity index (χ1v) is 12.3. The molecule has 0 saturated heterocycles. The maximum absolute atomic E-state index is 13.5. The number of amides is 2. The highest BCUT2D eigenvalue weighted by molar-refractivity contribution is 6.04. The summed E-state index contributed by atoms with van der Waals surface area (Å²) in [6.07, 6.45) is 2.48. The molecule has 0 bridgehead atoms. The topological polar surface area (TPSA) is 97.1 Å². The number of ether oxygens (including phenoxy) is 2. The van der Waals surface area contributed by atoms with Crippen molar-refractivity contribution in [1.82, 2.24) is 15.0 Å². The van der Waals surface area contributed by atoms with Crippen LogP contribution in [-0.2, 0) is 4.74 Å². The number of hydrogen-bond donors (Lipinski definition) is 1. The Morgan fingerprint density at radius 3 is 2.66 bits per heavy atom. The van der Waals surface area contributed by atoms with E-state index < -0.39 is 5.91 Å². The van der Waals surface area contributed by atoms with Gasteiger partial charge in [-0.3, -0.25) is 14.5 Å². The number of rotatable bonds is 5. The summed E-state index contributed by atoms with van der Waals surface area (Å²) in [5.74, 6) is 1.45. The van der Waals surface area contributed by atoms with E-state index in [0.29, 0.717) is 35.9 Å². The van der Waals surface area contributed by atoms with Crippen molar-refractivity contribution in [2.24, 2.45) is 11.8 Å². The third-order valence-corrected chi connectivity index (χ3v) is 6.88. The molecule has 1 N–H and O–H groups in total. The first kappa shape index (κ1) is 25.2. The van der Waals surface area contributed by atoms with E-state index in [1.54, 1.807) is 50.2 Å². The fraction of sp³-hybridized carbons (Fsp3) is 0.577. The minimum atomic E-state index is -0.408. The van der Waals surface area contributed by atoms with Gasteiger partial charge in [-0.2, -0.15) is 0 Å². The minimum Gasteiger partial charge on any atom is -0.491 e. The Morgan fingerprint density at radius 1 is 1.23 bits per heavy atom. The lowest BCUT2D eigenvalue weighted by molar-refractivity contribution is 0.00994. The molecule has 1 saturated carbocycles. The summed E-state index contributed by atoms with van der Waals surface area (Å²) in [4.78, 5) is 30.2. The summed E-state index contributed by atoms with van der Waals surface area (Å²) in [6.45, 7) is 8.93. The summed E-state index contributed by atoms with van der Waals surface area (Å²) in [5, 5.41) is 6.55. The lowest BCUT2D eigenvalue weighted by Gasteiger charge is -2.36. The van der Waals surface area contributed by atoms with Gasteiger partial charge in [0.05, 0.1) is 11.7 Å². The van der Waals surface area contributed by atoms with Crippen LogP contribution in [0.15, 0.2) is 28.8 Å². The van der Waals surface area contributed by atoms with Crippen LogP contribution in [-0.4, -0.2) is 79.3 Å². The molecule has 1 aromatic carbocycles. The number of carbonyl (C=O) groups excluding carboxylic acids is 2. The fourth-order valence-electron chi connectivity index (χ4n) is 4.48. The highest BCUT2D eigenvalue weighted by atomic mass is 16.5. The number of fused-ring (bicyclic) bond motifs is 1. The van der Waals surface area contributed by atoms with Crippen molar-refractivity contribution in [3.63, 3.8) is 0 Å². The summed E-state index contributed by atoms with van der Waals surface area (Å²) >= 11 is 0. The maximum atomic E-state index is 13.5. The first-order valence-electron chi connectivity index (χ1n) is 12.3. The molecule has 1 fully saturated rings. The number of nitrogens with one attached hydrogen (secondary N) is 1. The van der Waals surface area contributed by atoms with Crippen LogP contribution in [0.1, 0.15) is 53.3 Å². The maximum Gasteiger partial charge on any atom is 0.277 e. The van der Waals surface area contributed by atoms with E-state index in [-0.39, 0.29) is 29.7 Å². The van der Waals surface area contributed by atoms with Crippen molar-refractivity contribution in [2.45, 2.75) is 45.8 Å². The monoisotopic (exact) mass is 484 g/mol. The predicted molar refractivity (Wildman–Crippen MR) is 132 cm³/mol. The van der Waals surface area contributed by atoms with E-state index in [2.05, 4.69) is 29.2 Å². The normalized spacial score (nSPS) is 24.2. The molecule has 1 aliphatic heterocycles. The Hall–Kier alpha value is -2.91. The zero-order valence-electron chi connectivity index (χ0n) is 21.2. The van der Waals surface area contributed by atoms with E-state index in [1.165, 1.54) is 12.8 Å². The average molecular weight is 485 g/mol. The van der Waals surface area contributed by atoms with Crippen LogP contribution in [0.4, 0.5) is 5.69 Å². The predicted octanol–water partition coefficient (Wildman–Crippen LogP) is 3.45. The number of hydrogen-bond acceptors (Lipinski definition) is 7. The van der Waals surface area contributed by atoms with Gasteiger partial charge in [-0.15, -0.1) is 0 Å². The number of carbonyl (C=O) groups is 2. The molecule has 35 heavy (non-hydrogen) atoms. The van der Waals surface area contributed by atoms with Gasteiger partial charge < -0.3 is 24.2 Å². The molecule has 0 spiro atoms. The van der Waals surface area contributed by atoms with Crippen molar-refractivity contribution < 1.29 is 23.6 Å². The molecule has 2 aromatic rings. The highest BCUT2D eigenvalue weighted by Crippen LogP contribution is 2.32. The van der Waals surface area contributed by atoms with Crippen molar-refractivity contribution in [1.29, 1.82) is 0 Å². The molecular formula is C26H36N4O5. The second-order valence-electron chi connectivity index (χ2n) is 9.98. The molecule has 9 heteroatoms. The molecule has 2 aliphatic rings. The summed E-state index contributed by atoms with van der Waals surface area (Å²) in [7, 11) is 3.47. The molecule has 2 heterocycles. The Balaban J connectivity index is 1.60. The molecule has 0 unspecified atom stereocenters. The van der Waals surface area contributed by atoms with Crippen LogP contribution in [0.3, 0.4) is 0 Å². The third kappa shape index (κ3) is 6.21. The van der Waals surface area contributed by atoms with Crippen LogP contribution >= 0.6 is 0 Å². The molecule has 4 rings (SSSR count). The Kier molecular flexibility index (Phi) is 7.76. The first-order chi connectivity index (χ1) is 16.7. The van der Waals surface area contributed by atoms with Gasteiger partial charge in [0.2, 0.25) is 0 Å². The van der Waals surface area contributed by atoms with Crippen LogP contribution in [0.2, 0.25) is 0 Å². The van der Waals surface area contributed by atoms with E-state index in [4.69, 9.17) is 14.0 Å². The number of anilines is 1. The average Bonchev–Trinajstić information content (AvgIpc) is 3.55. The Morgan fingerprint density at radius 2 is 2.00 bits per heavy atom. The van der Waals surface area contributed by atoms with E-state index in [0.717, 1.165) is 19.0 Å². The van der Waals surface area contributed by atoms with E-state index in [9.17, 15) is 9.59 Å². The molecule has 1 aromatic heterocycles. The number of aromatic nitrogens is 1. The number of benzene rings is 1. The highest BCUT2D eigenvalue weighted by Gasteiger charge is 2.31. The van der Waals surface area contributed by atoms with Crippen LogP contribution < -0.4 is 10.1 Å². The molecule has 3 atom stereocenters. The number of aryl methyl sites for hydroxylation is 1. The molecule has 0 radical (unpaired) electrons. The zero-order valence-corrected chi connectivity index (χ0v) is 21.2.